The quantitative estimate of drug-likeness (QED) is 0.389. The highest BCUT2D eigenvalue weighted by Gasteiger charge is 2.35. The van der Waals surface area contributed by atoms with Gasteiger partial charge in [0.1, 0.15) is 6.61 Å². The third-order valence-electron chi connectivity index (χ3n) is 4.86. The molecule has 2 aromatic rings. The Hall–Kier alpha value is -2.44. The molecule has 176 valence electrons. The Morgan fingerprint density at radius 3 is 2.42 bits per heavy atom. The number of carbonyl (C=O) groups excluding carboxylic acids is 1. The van der Waals surface area contributed by atoms with Crippen molar-refractivity contribution in [3.05, 3.63) is 63.0 Å². The third-order valence-corrected chi connectivity index (χ3v) is 6.13. The SMILES string of the molecule is CCOc1cc(/C=C2/SC(=NC(C)C)N(C(C)C)C2=O)cc(Cl)c1OCc1ccc(C)cc1. The van der Waals surface area contributed by atoms with Crippen LogP contribution in [-0.4, -0.2) is 34.7 Å². The fraction of sp³-hybridized carbons (Fsp3) is 0.385. The maximum absolute atomic E-state index is 13.1. The molecular weight excluding hydrogens is 456 g/mol. The van der Waals surface area contributed by atoms with E-state index in [1.54, 1.807) is 11.0 Å². The summed E-state index contributed by atoms with van der Waals surface area (Å²) in [5.74, 6) is 0.997. The van der Waals surface area contributed by atoms with Crippen molar-refractivity contribution in [3.63, 3.8) is 0 Å². The van der Waals surface area contributed by atoms with Gasteiger partial charge in [-0.25, -0.2) is 0 Å². The lowest BCUT2D eigenvalue weighted by atomic mass is 10.1. The molecule has 0 aliphatic carbocycles. The van der Waals surface area contributed by atoms with Crippen LogP contribution in [0.3, 0.4) is 0 Å². The lowest BCUT2D eigenvalue weighted by molar-refractivity contribution is -0.123. The van der Waals surface area contributed by atoms with Gasteiger partial charge in [-0.15, -0.1) is 0 Å². The summed E-state index contributed by atoms with van der Waals surface area (Å²) in [5, 5.41) is 1.16. The fourth-order valence-corrected chi connectivity index (χ4v) is 4.82. The first-order valence-corrected chi connectivity index (χ1v) is 12.3. The number of amidine groups is 1. The molecule has 2 aromatic carbocycles. The van der Waals surface area contributed by atoms with Gasteiger partial charge in [-0.3, -0.25) is 14.7 Å². The molecular formula is C26H31ClN2O3S. The van der Waals surface area contributed by atoms with Crippen LogP contribution in [-0.2, 0) is 11.4 Å². The highest BCUT2D eigenvalue weighted by atomic mass is 35.5. The van der Waals surface area contributed by atoms with Gasteiger partial charge in [0.25, 0.3) is 5.91 Å². The summed E-state index contributed by atoms with van der Waals surface area (Å²) in [6.07, 6.45) is 1.84. The van der Waals surface area contributed by atoms with Crippen molar-refractivity contribution in [2.24, 2.45) is 4.99 Å². The summed E-state index contributed by atoms with van der Waals surface area (Å²) < 4.78 is 11.9. The molecule has 0 N–H and O–H groups in total. The number of hydrogen-bond donors (Lipinski definition) is 0. The molecule has 7 heteroatoms. The van der Waals surface area contributed by atoms with Crippen molar-refractivity contribution < 1.29 is 14.3 Å². The summed E-state index contributed by atoms with van der Waals surface area (Å²) in [6.45, 7) is 12.8. The number of ether oxygens (including phenoxy) is 2. The number of thioether (sulfide) groups is 1. The van der Waals surface area contributed by atoms with Gasteiger partial charge in [-0.05, 0) is 82.6 Å². The number of halogens is 1. The Balaban J connectivity index is 1.90. The van der Waals surface area contributed by atoms with Gasteiger partial charge < -0.3 is 9.47 Å². The number of carbonyl (C=O) groups is 1. The van der Waals surface area contributed by atoms with Gasteiger partial charge >= 0.3 is 0 Å². The van der Waals surface area contributed by atoms with E-state index in [2.05, 4.69) is 4.99 Å². The van der Waals surface area contributed by atoms with Crippen LogP contribution in [0.4, 0.5) is 0 Å². The second-order valence-electron chi connectivity index (χ2n) is 8.42. The minimum absolute atomic E-state index is 0.0218. The van der Waals surface area contributed by atoms with E-state index in [0.717, 1.165) is 16.3 Å². The number of benzene rings is 2. The zero-order valence-electron chi connectivity index (χ0n) is 20.0. The average molecular weight is 487 g/mol. The first kappa shape index (κ1) is 25.2. The molecule has 1 fully saturated rings. The Morgan fingerprint density at radius 2 is 1.82 bits per heavy atom. The average Bonchev–Trinajstić information content (AvgIpc) is 3.03. The molecule has 3 rings (SSSR count). The number of aliphatic imine (C=N–C) groups is 1. The fourth-order valence-electron chi connectivity index (χ4n) is 3.32. The van der Waals surface area contributed by atoms with E-state index in [-0.39, 0.29) is 18.0 Å². The second-order valence-corrected chi connectivity index (χ2v) is 9.84. The van der Waals surface area contributed by atoms with Crippen molar-refractivity contribution in [2.45, 2.75) is 60.2 Å². The maximum atomic E-state index is 13.1. The summed E-state index contributed by atoms with van der Waals surface area (Å²) in [4.78, 5) is 20.0. The molecule has 0 atom stereocenters. The first-order valence-electron chi connectivity index (χ1n) is 11.1. The molecule has 0 saturated carbocycles. The standard InChI is InChI=1S/C26H31ClN2O3S/c1-7-31-22-13-20(12-21(27)24(22)32-15-19-10-8-18(6)9-11-19)14-23-25(30)29(17(4)5)26(33-23)28-16(2)3/h8-14,16-17H,7,15H2,1-6H3/b23-14+,28-26?. The van der Waals surface area contributed by atoms with E-state index >= 15 is 0 Å². The Labute approximate surface area is 205 Å². The molecule has 1 heterocycles. The number of hydrogen-bond acceptors (Lipinski definition) is 5. The highest BCUT2D eigenvalue weighted by Crippen LogP contribution is 2.40. The van der Waals surface area contributed by atoms with Crippen LogP contribution in [0.15, 0.2) is 46.3 Å². The van der Waals surface area contributed by atoms with Gasteiger partial charge in [0.15, 0.2) is 16.7 Å². The Kier molecular flexibility index (Phi) is 8.49. The molecule has 0 bridgehead atoms. The van der Waals surface area contributed by atoms with E-state index in [4.69, 9.17) is 21.1 Å². The van der Waals surface area contributed by atoms with Gasteiger partial charge in [0, 0.05) is 12.1 Å². The molecule has 5 nitrogen and oxygen atoms in total. The van der Waals surface area contributed by atoms with E-state index in [1.807, 2.05) is 78.0 Å². The van der Waals surface area contributed by atoms with Crippen LogP contribution >= 0.6 is 23.4 Å². The Morgan fingerprint density at radius 1 is 1.12 bits per heavy atom. The molecule has 0 aromatic heterocycles. The minimum atomic E-state index is -0.0526. The van der Waals surface area contributed by atoms with Crippen LogP contribution in [0.2, 0.25) is 5.02 Å². The predicted octanol–water partition coefficient (Wildman–Crippen LogP) is 6.72. The zero-order valence-corrected chi connectivity index (χ0v) is 21.6. The molecule has 0 spiro atoms. The monoisotopic (exact) mass is 486 g/mol. The third kappa shape index (κ3) is 6.33. The zero-order chi connectivity index (χ0) is 24.1. The number of aryl methyl sites for hydroxylation is 1. The lowest BCUT2D eigenvalue weighted by Gasteiger charge is -2.20. The first-order chi connectivity index (χ1) is 15.7. The van der Waals surface area contributed by atoms with Crippen molar-refractivity contribution >= 4 is 40.5 Å². The molecule has 1 aliphatic heterocycles. The second kappa shape index (κ2) is 11.1. The normalized spacial score (nSPS) is 16.5. The number of amides is 1. The number of rotatable bonds is 8. The van der Waals surface area contributed by atoms with Crippen LogP contribution in [0, 0.1) is 6.92 Å². The van der Waals surface area contributed by atoms with Crippen LogP contribution in [0.1, 0.15) is 51.3 Å². The topological polar surface area (TPSA) is 51.1 Å². The van der Waals surface area contributed by atoms with Gasteiger partial charge in [0.2, 0.25) is 0 Å². The molecule has 1 saturated heterocycles. The molecule has 0 unspecified atom stereocenters. The van der Waals surface area contributed by atoms with Crippen LogP contribution in [0.5, 0.6) is 11.5 Å². The van der Waals surface area contributed by atoms with Crippen LogP contribution < -0.4 is 9.47 Å². The van der Waals surface area contributed by atoms with Crippen molar-refractivity contribution in [3.8, 4) is 11.5 Å². The van der Waals surface area contributed by atoms with Crippen LogP contribution in [0.25, 0.3) is 6.08 Å². The predicted molar refractivity (Wildman–Crippen MR) is 138 cm³/mol. The van der Waals surface area contributed by atoms with E-state index in [0.29, 0.717) is 34.6 Å². The van der Waals surface area contributed by atoms with E-state index < -0.39 is 0 Å². The molecule has 1 amide bonds. The summed E-state index contributed by atoms with van der Waals surface area (Å²) in [5.41, 5.74) is 3.02. The highest BCUT2D eigenvalue weighted by molar-refractivity contribution is 8.18. The van der Waals surface area contributed by atoms with Gasteiger partial charge in [0.05, 0.1) is 16.5 Å². The van der Waals surface area contributed by atoms with Crippen molar-refractivity contribution in [1.82, 2.24) is 4.90 Å². The summed E-state index contributed by atoms with van der Waals surface area (Å²) >= 11 is 7.99. The molecule has 33 heavy (non-hydrogen) atoms. The molecule has 1 aliphatic rings. The van der Waals surface area contributed by atoms with E-state index in [1.165, 1.54) is 17.3 Å². The summed E-state index contributed by atoms with van der Waals surface area (Å²) in [6, 6.07) is 11.9. The molecule has 0 radical (unpaired) electrons. The Bertz CT molecular complexity index is 1060. The van der Waals surface area contributed by atoms with Gasteiger partial charge in [-0.2, -0.15) is 0 Å². The number of nitrogens with zero attached hydrogens (tertiary/aromatic N) is 2. The lowest BCUT2D eigenvalue weighted by Crippen LogP contribution is -2.35. The maximum Gasteiger partial charge on any atom is 0.266 e. The minimum Gasteiger partial charge on any atom is -0.490 e. The van der Waals surface area contributed by atoms with E-state index in [9.17, 15) is 4.79 Å². The van der Waals surface area contributed by atoms with Crippen molar-refractivity contribution in [2.75, 3.05) is 6.61 Å². The smallest absolute Gasteiger partial charge is 0.266 e. The largest absolute Gasteiger partial charge is 0.490 e. The van der Waals surface area contributed by atoms with Gasteiger partial charge in [-0.1, -0.05) is 41.4 Å². The van der Waals surface area contributed by atoms with Crippen molar-refractivity contribution in [1.29, 1.82) is 0 Å². The summed E-state index contributed by atoms with van der Waals surface area (Å²) in [7, 11) is 0.